The molecule has 3 aromatic rings. The predicted molar refractivity (Wildman–Crippen MR) is 92.6 cm³/mol. The van der Waals surface area contributed by atoms with Gasteiger partial charge in [-0.25, -0.2) is 9.07 Å². The lowest BCUT2D eigenvalue weighted by Gasteiger charge is -2.16. The Morgan fingerprint density at radius 2 is 1.92 bits per heavy atom. The Kier molecular flexibility index (Phi) is 3.93. The van der Waals surface area contributed by atoms with Crippen molar-refractivity contribution in [1.82, 2.24) is 15.0 Å². The highest BCUT2D eigenvalue weighted by molar-refractivity contribution is 5.98. The van der Waals surface area contributed by atoms with E-state index >= 15 is 0 Å². The highest BCUT2D eigenvalue weighted by Crippen LogP contribution is 2.29. The van der Waals surface area contributed by atoms with Crippen LogP contribution in [0.4, 0.5) is 10.1 Å². The van der Waals surface area contributed by atoms with Crippen molar-refractivity contribution in [2.24, 2.45) is 0 Å². The standard InChI is InChI=1S/C19H14FN5O/c20-16-4-2-1-3-15(16)17-12-25(23-22-17)18-9-10-24(19(18)26)14-7-5-13(11-21)6-8-14/h1-8,12,18H,9-10H2. The van der Waals surface area contributed by atoms with Gasteiger partial charge in [0.15, 0.2) is 0 Å². The fraction of sp³-hybridized carbons (Fsp3) is 0.158. The van der Waals surface area contributed by atoms with Gasteiger partial charge in [0.05, 0.1) is 17.8 Å². The van der Waals surface area contributed by atoms with Crippen LogP contribution in [0.25, 0.3) is 11.3 Å². The summed E-state index contributed by atoms with van der Waals surface area (Å²) in [5.41, 5.74) is 2.04. The van der Waals surface area contributed by atoms with Crippen LogP contribution in [0.3, 0.4) is 0 Å². The van der Waals surface area contributed by atoms with Crippen LogP contribution >= 0.6 is 0 Å². The van der Waals surface area contributed by atoms with E-state index in [1.807, 2.05) is 0 Å². The zero-order valence-electron chi connectivity index (χ0n) is 13.7. The molecule has 26 heavy (non-hydrogen) atoms. The number of hydrogen-bond acceptors (Lipinski definition) is 4. The molecule has 2 heterocycles. The Bertz CT molecular complexity index is 1010. The largest absolute Gasteiger partial charge is 0.310 e. The summed E-state index contributed by atoms with van der Waals surface area (Å²) in [7, 11) is 0. The summed E-state index contributed by atoms with van der Waals surface area (Å²) >= 11 is 0. The second-order valence-electron chi connectivity index (χ2n) is 6.02. The van der Waals surface area contributed by atoms with Gasteiger partial charge in [-0.2, -0.15) is 5.26 Å². The second-order valence-corrected chi connectivity index (χ2v) is 6.02. The number of hydrogen-bond donors (Lipinski definition) is 0. The monoisotopic (exact) mass is 347 g/mol. The van der Waals surface area contributed by atoms with Gasteiger partial charge in [-0.3, -0.25) is 4.79 Å². The van der Waals surface area contributed by atoms with Crippen molar-refractivity contribution < 1.29 is 9.18 Å². The first-order chi connectivity index (χ1) is 12.7. The van der Waals surface area contributed by atoms with E-state index in [1.165, 1.54) is 10.7 Å². The lowest BCUT2D eigenvalue weighted by Crippen LogP contribution is -2.28. The third-order valence-corrected chi connectivity index (χ3v) is 4.46. The van der Waals surface area contributed by atoms with Crippen molar-refractivity contribution in [3.8, 4) is 17.3 Å². The van der Waals surface area contributed by atoms with Crippen LogP contribution < -0.4 is 4.90 Å². The Labute approximate surface area is 149 Å². The Balaban J connectivity index is 1.57. The molecular formula is C19H14FN5O. The summed E-state index contributed by atoms with van der Waals surface area (Å²) in [6.07, 6.45) is 2.18. The fourth-order valence-electron chi connectivity index (χ4n) is 3.10. The van der Waals surface area contributed by atoms with Crippen LogP contribution in [0, 0.1) is 17.1 Å². The highest BCUT2D eigenvalue weighted by Gasteiger charge is 2.34. The second kappa shape index (κ2) is 6.41. The zero-order valence-corrected chi connectivity index (χ0v) is 13.7. The quantitative estimate of drug-likeness (QED) is 0.730. The van der Waals surface area contributed by atoms with Crippen molar-refractivity contribution in [3.63, 3.8) is 0 Å². The molecule has 0 bridgehead atoms. The zero-order chi connectivity index (χ0) is 18.1. The number of aromatic nitrogens is 3. The van der Waals surface area contributed by atoms with Crippen LogP contribution in [-0.4, -0.2) is 27.4 Å². The summed E-state index contributed by atoms with van der Waals surface area (Å²) in [6.45, 7) is 0.546. The van der Waals surface area contributed by atoms with Gasteiger partial charge < -0.3 is 4.90 Å². The van der Waals surface area contributed by atoms with Gasteiger partial charge in [0.2, 0.25) is 0 Å². The smallest absolute Gasteiger partial charge is 0.251 e. The van der Waals surface area contributed by atoms with E-state index in [4.69, 9.17) is 5.26 Å². The molecule has 0 aliphatic carbocycles. The van der Waals surface area contributed by atoms with Crippen LogP contribution in [0.15, 0.2) is 54.7 Å². The van der Waals surface area contributed by atoms with Crippen molar-refractivity contribution in [3.05, 3.63) is 66.1 Å². The molecule has 1 unspecified atom stereocenters. The van der Waals surface area contributed by atoms with Crippen LogP contribution in [0.5, 0.6) is 0 Å². The van der Waals surface area contributed by atoms with Crippen LogP contribution in [-0.2, 0) is 4.79 Å². The lowest BCUT2D eigenvalue weighted by atomic mass is 10.1. The summed E-state index contributed by atoms with van der Waals surface area (Å²) < 4.78 is 15.4. The van der Waals surface area contributed by atoms with Crippen molar-refractivity contribution in [2.45, 2.75) is 12.5 Å². The molecule has 4 rings (SSSR count). The van der Waals surface area contributed by atoms with Crippen LogP contribution in [0.1, 0.15) is 18.0 Å². The number of nitrogens with zero attached hydrogens (tertiary/aromatic N) is 5. The number of carbonyl (C=O) groups is 1. The normalized spacial score (nSPS) is 16.7. The van der Waals surface area contributed by atoms with Crippen molar-refractivity contribution in [1.29, 1.82) is 5.26 Å². The predicted octanol–water partition coefficient (Wildman–Crippen LogP) is 2.93. The van der Waals surface area contributed by atoms with E-state index in [-0.39, 0.29) is 11.7 Å². The van der Waals surface area contributed by atoms with Gasteiger partial charge in [-0.15, -0.1) is 5.10 Å². The summed E-state index contributed by atoms with van der Waals surface area (Å²) in [5.74, 6) is -0.476. The molecule has 1 amide bonds. The summed E-state index contributed by atoms with van der Waals surface area (Å²) in [4.78, 5) is 14.4. The molecule has 1 saturated heterocycles. The minimum Gasteiger partial charge on any atom is -0.310 e. The molecule has 1 fully saturated rings. The fourth-order valence-corrected chi connectivity index (χ4v) is 3.10. The molecule has 1 aliphatic rings. The van der Waals surface area contributed by atoms with Crippen LogP contribution in [0.2, 0.25) is 0 Å². The molecule has 1 aliphatic heterocycles. The van der Waals surface area contributed by atoms with E-state index in [1.54, 1.807) is 53.6 Å². The van der Waals surface area contributed by atoms with Gasteiger partial charge in [0.1, 0.15) is 17.6 Å². The molecule has 1 atom stereocenters. The third-order valence-electron chi connectivity index (χ3n) is 4.46. The molecule has 2 aromatic carbocycles. The first kappa shape index (κ1) is 16.0. The van der Waals surface area contributed by atoms with Crippen molar-refractivity contribution in [2.75, 3.05) is 11.4 Å². The van der Waals surface area contributed by atoms with Gasteiger partial charge in [-0.1, -0.05) is 17.3 Å². The van der Waals surface area contributed by atoms with E-state index in [9.17, 15) is 9.18 Å². The average molecular weight is 347 g/mol. The lowest BCUT2D eigenvalue weighted by molar-refractivity contribution is -0.120. The first-order valence-corrected chi connectivity index (χ1v) is 8.15. The first-order valence-electron chi connectivity index (χ1n) is 8.15. The topological polar surface area (TPSA) is 74.8 Å². The van der Waals surface area contributed by atoms with E-state index in [0.717, 1.165) is 5.69 Å². The molecule has 128 valence electrons. The molecular weight excluding hydrogens is 333 g/mol. The Hall–Kier alpha value is -3.53. The van der Waals surface area contributed by atoms with Gasteiger partial charge in [0.25, 0.3) is 5.91 Å². The Morgan fingerprint density at radius 1 is 1.15 bits per heavy atom. The number of amides is 1. The maximum atomic E-state index is 13.9. The number of carbonyl (C=O) groups excluding carboxylic acids is 1. The number of halogens is 1. The van der Waals surface area contributed by atoms with Gasteiger partial charge in [0, 0.05) is 17.8 Å². The van der Waals surface area contributed by atoms with E-state index in [0.29, 0.717) is 29.8 Å². The molecule has 0 saturated carbocycles. The third kappa shape index (κ3) is 2.71. The van der Waals surface area contributed by atoms with E-state index in [2.05, 4.69) is 16.4 Å². The average Bonchev–Trinajstić information content (AvgIpc) is 3.29. The minimum atomic E-state index is -0.473. The summed E-state index contributed by atoms with van der Waals surface area (Å²) in [6, 6.07) is 14.8. The summed E-state index contributed by atoms with van der Waals surface area (Å²) in [5, 5.41) is 16.9. The van der Waals surface area contributed by atoms with E-state index < -0.39 is 6.04 Å². The molecule has 0 spiro atoms. The molecule has 0 radical (unpaired) electrons. The number of benzene rings is 2. The molecule has 7 heteroatoms. The van der Waals surface area contributed by atoms with Crippen molar-refractivity contribution >= 4 is 11.6 Å². The maximum absolute atomic E-state index is 13.9. The number of anilines is 1. The molecule has 0 N–H and O–H groups in total. The number of nitriles is 1. The highest BCUT2D eigenvalue weighted by atomic mass is 19.1. The van der Waals surface area contributed by atoms with Gasteiger partial charge in [-0.05, 0) is 42.8 Å². The maximum Gasteiger partial charge on any atom is 0.251 e. The minimum absolute atomic E-state index is 0.0975. The van der Waals surface area contributed by atoms with Gasteiger partial charge >= 0.3 is 0 Å². The number of rotatable bonds is 3. The molecule has 1 aromatic heterocycles. The molecule has 6 nitrogen and oxygen atoms in total. The SMILES string of the molecule is N#Cc1ccc(N2CCC(n3cc(-c4ccccc4F)nn3)C2=O)cc1. The Morgan fingerprint density at radius 3 is 2.65 bits per heavy atom.